The number of benzodiazepines with no additional fused rings is 1. The Hall–Kier alpha value is -3.96. The summed E-state index contributed by atoms with van der Waals surface area (Å²) in [7, 11) is 1.27. The van der Waals surface area contributed by atoms with Crippen LogP contribution >= 0.6 is 0 Å². The SMILES string of the molecule is COc1ccc2c(c1F)NC(=O)[C@@H](NC(=O)[C@@H](CC1CC1)[C@@H](CCC(F)(F)F)C(N)=O)N=C2c1ccccc1. The summed E-state index contributed by atoms with van der Waals surface area (Å²) in [4.78, 5) is 43.2. The van der Waals surface area contributed by atoms with Gasteiger partial charge in [0.2, 0.25) is 18.0 Å². The molecule has 1 aliphatic carbocycles. The molecule has 0 bridgehead atoms. The predicted molar refractivity (Wildman–Crippen MR) is 134 cm³/mol. The second-order valence-electron chi connectivity index (χ2n) is 9.70. The Morgan fingerprint density at radius 1 is 1.15 bits per heavy atom. The number of hydrogen-bond acceptors (Lipinski definition) is 5. The van der Waals surface area contributed by atoms with E-state index in [0.29, 0.717) is 5.56 Å². The van der Waals surface area contributed by atoms with Gasteiger partial charge in [-0.25, -0.2) is 9.38 Å². The van der Waals surface area contributed by atoms with Gasteiger partial charge in [0.15, 0.2) is 11.6 Å². The number of methoxy groups -OCH3 is 1. The van der Waals surface area contributed by atoms with Crippen LogP contribution in [0.2, 0.25) is 0 Å². The van der Waals surface area contributed by atoms with Crippen molar-refractivity contribution < 1.29 is 36.7 Å². The molecule has 4 N–H and O–H groups in total. The molecule has 208 valence electrons. The summed E-state index contributed by atoms with van der Waals surface area (Å²) >= 11 is 0. The number of alkyl halides is 3. The molecule has 0 saturated heterocycles. The van der Waals surface area contributed by atoms with Crippen molar-refractivity contribution in [2.75, 3.05) is 12.4 Å². The highest BCUT2D eigenvalue weighted by Gasteiger charge is 2.41. The molecule has 0 radical (unpaired) electrons. The van der Waals surface area contributed by atoms with Gasteiger partial charge in [-0.05, 0) is 30.9 Å². The Morgan fingerprint density at radius 3 is 2.44 bits per heavy atom. The summed E-state index contributed by atoms with van der Waals surface area (Å²) in [5.41, 5.74) is 6.19. The van der Waals surface area contributed by atoms with Gasteiger partial charge in [-0.1, -0.05) is 43.2 Å². The van der Waals surface area contributed by atoms with Gasteiger partial charge in [-0.3, -0.25) is 14.4 Å². The van der Waals surface area contributed by atoms with E-state index in [-0.39, 0.29) is 35.1 Å². The molecule has 2 aromatic rings. The molecular weight excluding hydrogens is 520 g/mol. The minimum atomic E-state index is -4.54. The molecule has 1 heterocycles. The Labute approximate surface area is 222 Å². The fourth-order valence-corrected chi connectivity index (χ4v) is 4.68. The number of benzene rings is 2. The van der Waals surface area contributed by atoms with E-state index >= 15 is 4.39 Å². The lowest BCUT2D eigenvalue weighted by atomic mass is 9.83. The molecule has 12 heteroatoms. The summed E-state index contributed by atoms with van der Waals surface area (Å²) in [6, 6.07) is 11.5. The van der Waals surface area contributed by atoms with Gasteiger partial charge in [0.05, 0.1) is 18.5 Å². The summed E-state index contributed by atoms with van der Waals surface area (Å²) in [6.45, 7) is 0. The largest absolute Gasteiger partial charge is 0.494 e. The van der Waals surface area contributed by atoms with E-state index in [1.165, 1.54) is 19.2 Å². The number of carbonyl (C=O) groups excluding carboxylic acids is 3. The van der Waals surface area contributed by atoms with Crippen LogP contribution in [-0.2, 0) is 14.4 Å². The van der Waals surface area contributed by atoms with Gasteiger partial charge < -0.3 is 21.1 Å². The van der Waals surface area contributed by atoms with E-state index in [0.717, 1.165) is 12.8 Å². The maximum absolute atomic E-state index is 15.2. The third-order valence-electron chi connectivity index (χ3n) is 6.87. The molecular formula is C27H28F4N4O4. The number of nitrogens with one attached hydrogen (secondary N) is 2. The smallest absolute Gasteiger partial charge is 0.389 e. The zero-order valence-electron chi connectivity index (χ0n) is 21.1. The Morgan fingerprint density at radius 2 is 1.85 bits per heavy atom. The Balaban J connectivity index is 1.69. The van der Waals surface area contributed by atoms with Crippen molar-refractivity contribution in [1.29, 1.82) is 0 Å². The first-order chi connectivity index (χ1) is 18.5. The number of nitrogens with zero attached hydrogens (tertiary/aromatic N) is 1. The second-order valence-corrected chi connectivity index (χ2v) is 9.70. The number of halogens is 4. The second kappa shape index (κ2) is 11.4. The van der Waals surface area contributed by atoms with E-state index in [1.54, 1.807) is 30.3 Å². The van der Waals surface area contributed by atoms with Crippen molar-refractivity contribution in [1.82, 2.24) is 5.32 Å². The molecule has 2 aromatic carbocycles. The normalized spacial score (nSPS) is 18.6. The van der Waals surface area contributed by atoms with Crippen molar-refractivity contribution in [3.05, 3.63) is 59.4 Å². The third-order valence-corrected chi connectivity index (χ3v) is 6.87. The van der Waals surface area contributed by atoms with E-state index in [1.807, 2.05) is 0 Å². The lowest BCUT2D eigenvalue weighted by Crippen LogP contribution is -2.48. The van der Waals surface area contributed by atoms with Crippen LogP contribution in [0.1, 0.15) is 43.2 Å². The average molecular weight is 549 g/mol. The summed E-state index contributed by atoms with van der Waals surface area (Å²) in [6.07, 6.45) is -6.37. The van der Waals surface area contributed by atoms with Crippen molar-refractivity contribution in [3.8, 4) is 5.75 Å². The van der Waals surface area contributed by atoms with Crippen molar-refractivity contribution in [3.63, 3.8) is 0 Å². The lowest BCUT2D eigenvalue weighted by Gasteiger charge is -2.26. The fourth-order valence-electron chi connectivity index (χ4n) is 4.68. The highest BCUT2D eigenvalue weighted by molar-refractivity contribution is 6.20. The highest BCUT2D eigenvalue weighted by atomic mass is 19.4. The number of primary amides is 1. The number of rotatable bonds is 10. The number of ether oxygens (including phenoxy) is 1. The quantitative estimate of drug-likeness (QED) is 0.390. The first kappa shape index (κ1) is 28.1. The monoisotopic (exact) mass is 548 g/mol. The summed E-state index contributed by atoms with van der Waals surface area (Å²) in [5.74, 6) is -6.22. The first-order valence-electron chi connectivity index (χ1n) is 12.5. The molecule has 4 rings (SSSR count). The fraction of sp³-hybridized carbons (Fsp3) is 0.407. The van der Waals surface area contributed by atoms with Crippen LogP contribution in [0.5, 0.6) is 5.75 Å². The third kappa shape index (κ3) is 6.73. The van der Waals surface area contributed by atoms with Gasteiger partial charge in [0.1, 0.15) is 0 Å². The Bertz CT molecular complexity index is 1280. The molecule has 0 spiro atoms. The average Bonchev–Trinajstić information content (AvgIpc) is 3.72. The summed E-state index contributed by atoms with van der Waals surface area (Å²) in [5, 5.41) is 4.92. The number of hydrogen-bond donors (Lipinski definition) is 3. The standard InChI is InChI=1S/C27H28F4N4O4/c1-39-19-10-9-17-21(15-5-3-2-4-6-15)33-24(26(38)34-22(17)20(19)28)35-25(37)18(13-14-7-8-14)16(23(32)36)11-12-27(29,30)31/h2-6,9-10,14,16,18,24H,7-8,11-13H2,1H3,(H2,32,36)(H,34,38)(H,35,37)/t16-,18+,24-/m1/s1. The van der Waals surface area contributed by atoms with Crippen molar-refractivity contribution in [2.24, 2.45) is 28.5 Å². The van der Waals surface area contributed by atoms with Gasteiger partial charge in [-0.2, -0.15) is 13.2 Å². The molecule has 0 aromatic heterocycles. The van der Waals surface area contributed by atoms with E-state index in [2.05, 4.69) is 15.6 Å². The van der Waals surface area contributed by atoms with Crippen LogP contribution in [0.3, 0.4) is 0 Å². The molecule has 1 aliphatic heterocycles. The number of nitrogens with two attached hydrogens (primary N) is 1. The lowest BCUT2D eigenvalue weighted by molar-refractivity contribution is -0.146. The molecule has 1 saturated carbocycles. The van der Waals surface area contributed by atoms with Crippen LogP contribution in [0, 0.1) is 23.6 Å². The number of aliphatic imine (C=N–C) groups is 1. The minimum absolute atomic E-state index is 0.0608. The molecule has 3 atom stereocenters. The molecule has 1 fully saturated rings. The van der Waals surface area contributed by atoms with Crippen LogP contribution in [0.4, 0.5) is 23.2 Å². The van der Waals surface area contributed by atoms with Gasteiger partial charge >= 0.3 is 6.18 Å². The topological polar surface area (TPSA) is 123 Å². The maximum atomic E-state index is 15.2. The zero-order valence-corrected chi connectivity index (χ0v) is 21.1. The first-order valence-corrected chi connectivity index (χ1v) is 12.5. The summed E-state index contributed by atoms with van der Waals surface area (Å²) < 4.78 is 59.1. The van der Waals surface area contributed by atoms with Crippen LogP contribution in [-0.4, -0.2) is 42.9 Å². The molecule has 3 amide bonds. The van der Waals surface area contributed by atoms with E-state index < -0.39 is 60.6 Å². The van der Waals surface area contributed by atoms with Crippen molar-refractivity contribution >= 4 is 29.1 Å². The molecule has 0 unspecified atom stereocenters. The predicted octanol–water partition coefficient (Wildman–Crippen LogP) is 3.93. The number of amides is 3. The zero-order chi connectivity index (χ0) is 28.3. The number of fused-ring (bicyclic) bond motifs is 1. The van der Waals surface area contributed by atoms with E-state index in [9.17, 15) is 27.6 Å². The van der Waals surface area contributed by atoms with Crippen LogP contribution < -0.4 is 21.1 Å². The van der Waals surface area contributed by atoms with Gasteiger partial charge in [0, 0.05) is 29.4 Å². The van der Waals surface area contributed by atoms with E-state index in [4.69, 9.17) is 10.5 Å². The van der Waals surface area contributed by atoms with Crippen LogP contribution in [0.15, 0.2) is 47.5 Å². The number of anilines is 1. The molecule has 2 aliphatic rings. The minimum Gasteiger partial charge on any atom is -0.494 e. The highest BCUT2D eigenvalue weighted by Crippen LogP contribution is 2.39. The maximum Gasteiger partial charge on any atom is 0.389 e. The van der Waals surface area contributed by atoms with Gasteiger partial charge in [-0.15, -0.1) is 0 Å². The van der Waals surface area contributed by atoms with Crippen LogP contribution in [0.25, 0.3) is 0 Å². The Kier molecular flexibility index (Phi) is 8.22. The number of carbonyl (C=O) groups is 3. The van der Waals surface area contributed by atoms with Gasteiger partial charge in [0.25, 0.3) is 5.91 Å². The van der Waals surface area contributed by atoms with Crippen molar-refractivity contribution in [2.45, 2.75) is 44.4 Å². The molecule has 39 heavy (non-hydrogen) atoms. The molecule has 8 nitrogen and oxygen atoms in total.